The molecule has 0 aromatic carbocycles. The summed E-state index contributed by atoms with van der Waals surface area (Å²) in [5.41, 5.74) is 0. The fourth-order valence-electron chi connectivity index (χ4n) is 2.16. The molecule has 0 aromatic rings. The van der Waals surface area contributed by atoms with E-state index in [1.54, 1.807) is 0 Å². The second kappa shape index (κ2) is 5.83. The van der Waals surface area contributed by atoms with E-state index in [1.165, 1.54) is 32.2 Å². The fraction of sp³-hybridized carbons (Fsp3) is 1.00. The molecule has 2 N–H and O–H groups in total. The molecule has 2 aliphatic rings. The molecule has 0 amide bonds. The van der Waals surface area contributed by atoms with Crippen molar-refractivity contribution in [2.75, 3.05) is 26.2 Å². The SMILES string of the molecule is CC1CC(CNCCCNC2CC2)CO1. The van der Waals surface area contributed by atoms with Crippen molar-refractivity contribution in [3.8, 4) is 0 Å². The first-order valence-electron chi connectivity index (χ1n) is 6.40. The lowest BCUT2D eigenvalue weighted by Gasteiger charge is -2.09. The molecule has 15 heavy (non-hydrogen) atoms. The molecule has 1 heterocycles. The van der Waals surface area contributed by atoms with Crippen LogP contribution in [0.1, 0.15) is 32.6 Å². The number of hydrogen-bond acceptors (Lipinski definition) is 3. The zero-order valence-corrected chi connectivity index (χ0v) is 9.80. The van der Waals surface area contributed by atoms with E-state index in [2.05, 4.69) is 17.6 Å². The molecule has 3 nitrogen and oxygen atoms in total. The lowest BCUT2D eigenvalue weighted by atomic mass is 10.1. The number of ether oxygens (including phenoxy) is 1. The maximum Gasteiger partial charge on any atom is 0.0551 e. The average molecular weight is 212 g/mol. The summed E-state index contributed by atoms with van der Waals surface area (Å²) in [5.74, 6) is 0.747. The molecule has 2 unspecified atom stereocenters. The fourth-order valence-corrected chi connectivity index (χ4v) is 2.16. The van der Waals surface area contributed by atoms with Gasteiger partial charge in [-0.25, -0.2) is 0 Å². The van der Waals surface area contributed by atoms with E-state index in [9.17, 15) is 0 Å². The third kappa shape index (κ3) is 4.49. The highest BCUT2D eigenvalue weighted by Gasteiger charge is 2.21. The molecule has 1 aliphatic carbocycles. The van der Waals surface area contributed by atoms with Gasteiger partial charge in [0, 0.05) is 12.6 Å². The molecule has 2 atom stereocenters. The minimum absolute atomic E-state index is 0.480. The highest BCUT2D eigenvalue weighted by molar-refractivity contribution is 4.80. The van der Waals surface area contributed by atoms with Crippen LogP contribution in [0, 0.1) is 5.92 Å². The summed E-state index contributed by atoms with van der Waals surface area (Å²) in [4.78, 5) is 0. The Morgan fingerprint density at radius 3 is 2.80 bits per heavy atom. The molecule has 1 aliphatic heterocycles. The Bertz CT molecular complexity index is 182. The van der Waals surface area contributed by atoms with Crippen LogP contribution >= 0.6 is 0 Å². The van der Waals surface area contributed by atoms with Crippen molar-refractivity contribution in [1.29, 1.82) is 0 Å². The van der Waals surface area contributed by atoms with E-state index in [4.69, 9.17) is 4.74 Å². The third-order valence-corrected chi connectivity index (χ3v) is 3.26. The molecule has 1 saturated carbocycles. The zero-order valence-electron chi connectivity index (χ0n) is 9.80. The van der Waals surface area contributed by atoms with Crippen LogP contribution in [0.3, 0.4) is 0 Å². The largest absolute Gasteiger partial charge is 0.378 e. The van der Waals surface area contributed by atoms with E-state index < -0.39 is 0 Å². The highest BCUT2D eigenvalue weighted by Crippen LogP contribution is 2.18. The minimum atomic E-state index is 0.480. The summed E-state index contributed by atoms with van der Waals surface area (Å²) >= 11 is 0. The van der Waals surface area contributed by atoms with Crippen LogP contribution in [0.25, 0.3) is 0 Å². The van der Waals surface area contributed by atoms with E-state index in [-0.39, 0.29) is 0 Å². The topological polar surface area (TPSA) is 33.3 Å². The molecular weight excluding hydrogens is 188 g/mol. The van der Waals surface area contributed by atoms with Crippen LogP contribution in [0.15, 0.2) is 0 Å². The molecule has 0 bridgehead atoms. The van der Waals surface area contributed by atoms with Gasteiger partial charge in [0.15, 0.2) is 0 Å². The highest BCUT2D eigenvalue weighted by atomic mass is 16.5. The van der Waals surface area contributed by atoms with Gasteiger partial charge >= 0.3 is 0 Å². The number of nitrogens with one attached hydrogen (secondary N) is 2. The van der Waals surface area contributed by atoms with Crippen LogP contribution < -0.4 is 10.6 Å². The summed E-state index contributed by atoms with van der Waals surface area (Å²) in [5, 5.41) is 7.05. The Balaban J connectivity index is 1.38. The Labute approximate surface area is 93.0 Å². The van der Waals surface area contributed by atoms with Gasteiger partial charge in [0.25, 0.3) is 0 Å². The van der Waals surface area contributed by atoms with Gasteiger partial charge in [-0.15, -0.1) is 0 Å². The van der Waals surface area contributed by atoms with E-state index in [0.29, 0.717) is 6.10 Å². The van der Waals surface area contributed by atoms with E-state index in [1.807, 2.05) is 0 Å². The van der Waals surface area contributed by atoms with Crippen LogP contribution in [0.2, 0.25) is 0 Å². The van der Waals surface area contributed by atoms with Crippen molar-refractivity contribution >= 4 is 0 Å². The van der Waals surface area contributed by atoms with Crippen LogP contribution in [0.4, 0.5) is 0 Å². The number of hydrogen-bond donors (Lipinski definition) is 2. The van der Waals surface area contributed by atoms with Crippen molar-refractivity contribution in [1.82, 2.24) is 10.6 Å². The van der Waals surface area contributed by atoms with Gasteiger partial charge in [0.05, 0.1) is 12.7 Å². The van der Waals surface area contributed by atoms with Gasteiger partial charge in [-0.1, -0.05) is 0 Å². The lowest BCUT2D eigenvalue weighted by Crippen LogP contribution is -2.27. The van der Waals surface area contributed by atoms with Gasteiger partial charge in [0.1, 0.15) is 0 Å². The van der Waals surface area contributed by atoms with Crippen molar-refractivity contribution in [2.45, 2.75) is 44.8 Å². The Morgan fingerprint density at radius 1 is 1.27 bits per heavy atom. The molecule has 0 radical (unpaired) electrons. The average Bonchev–Trinajstić information content (AvgIpc) is 2.95. The van der Waals surface area contributed by atoms with Gasteiger partial charge in [0.2, 0.25) is 0 Å². The maximum absolute atomic E-state index is 5.53. The van der Waals surface area contributed by atoms with Crippen LogP contribution in [-0.2, 0) is 4.74 Å². The monoisotopic (exact) mass is 212 g/mol. The standard InChI is InChI=1S/C12H24N2O/c1-10-7-11(9-15-10)8-13-5-2-6-14-12-3-4-12/h10-14H,2-9H2,1H3. The Morgan fingerprint density at radius 2 is 2.13 bits per heavy atom. The van der Waals surface area contributed by atoms with Gasteiger partial charge in [-0.05, 0) is 51.6 Å². The molecule has 1 saturated heterocycles. The summed E-state index contributed by atoms with van der Waals surface area (Å²) in [6.45, 7) is 6.57. The first-order valence-corrected chi connectivity index (χ1v) is 6.40. The van der Waals surface area contributed by atoms with Crippen molar-refractivity contribution in [3.63, 3.8) is 0 Å². The van der Waals surface area contributed by atoms with Crippen molar-refractivity contribution in [3.05, 3.63) is 0 Å². The summed E-state index contributed by atoms with van der Waals surface area (Å²) in [7, 11) is 0. The molecule has 3 heteroatoms. The van der Waals surface area contributed by atoms with Crippen LogP contribution in [-0.4, -0.2) is 38.4 Å². The maximum atomic E-state index is 5.53. The normalized spacial score (nSPS) is 31.0. The van der Waals surface area contributed by atoms with E-state index >= 15 is 0 Å². The molecule has 0 aromatic heterocycles. The molecule has 2 fully saturated rings. The Hall–Kier alpha value is -0.120. The molecular formula is C12H24N2O. The van der Waals surface area contributed by atoms with Gasteiger partial charge < -0.3 is 15.4 Å². The third-order valence-electron chi connectivity index (χ3n) is 3.26. The second-order valence-electron chi connectivity index (χ2n) is 5.03. The molecule has 0 spiro atoms. The first kappa shape index (κ1) is 11.4. The van der Waals surface area contributed by atoms with Gasteiger partial charge in [-0.3, -0.25) is 0 Å². The lowest BCUT2D eigenvalue weighted by molar-refractivity contribution is 0.120. The smallest absolute Gasteiger partial charge is 0.0551 e. The number of rotatable bonds is 7. The van der Waals surface area contributed by atoms with Gasteiger partial charge in [-0.2, -0.15) is 0 Å². The summed E-state index contributed by atoms with van der Waals surface area (Å²) in [6, 6.07) is 0.856. The summed E-state index contributed by atoms with van der Waals surface area (Å²) < 4.78 is 5.53. The van der Waals surface area contributed by atoms with Crippen molar-refractivity contribution in [2.24, 2.45) is 5.92 Å². The van der Waals surface area contributed by atoms with Crippen molar-refractivity contribution < 1.29 is 4.74 Å². The van der Waals surface area contributed by atoms with E-state index in [0.717, 1.165) is 31.7 Å². The quantitative estimate of drug-likeness (QED) is 0.621. The second-order valence-corrected chi connectivity index (χ2v) is 5.03. The first-order chi connectivity index (χ1) is 7.34. The molecule has 2 rings (SSSR count). The predicted octanol–water partition coefficient (Wildman–Crippen LogP) is 1.14. The summed E-state index contributed by atoms with van der Waals surface area (Å²) in [6.07, 6.45) is 5.75. The van der Waals surface area contributed by atoms with Crippen LogP contribution in [0.5, 0.6) is 0 Å². The predicted molar refractivity (Wildman–Crippen MR) is 62.0 cm³/mol. The minimum Gasteiger partial charge on any atom is -0.378 e. The zero-order chi connectivity index (χ0) is 10.5. The molecule has 88 valence electrons. The Kier molecular flexibility index (Phi) is 4.42.